The number of hydrogen-bond acceptors (Lipinski definition) is 3. The van der Waals surface area contributed by atoms with Gasteiger partial charge in [-0.3, -0.25) is 0 Å². The van der Waals surface area contributed by atoms with E-state index in [2.05, 4.69) is 13.8 Å². The number of rotatable bonds is 7. The Hall–Kier alpha value is -0.910. The first-order valence-corrected chi connectivity index (χ1v) is 8.92. The maximum atomic E-state index is 12.5. The second-order valence-electron chi connectivity index (χ2n) is 6.25. The summed E-state index contributed by atoms with van der Waals surface area (Å²) >= 11 is 0. The lowest BCUT2D eigenvalue weighted by Crippen LogP contribution is -2.34. The summed E-state index contributed by atoms with van der Waals surface area (Å²) in [5, 5.41) is 0. The molecule has 0 fully saturated rings. The predicted molar refractivity (Wildman–Crippen MR) is 87.8 cm³/mol. The summed E-state index contributed by atoms with van der Waals surface area (Å²) in [5.41, 5.74) is 7.12. The molecule has 1 aromatic carbocycles. The van der Waals surface area contributed by atoms with Crippen LogP contribution < -0.4 is 5.73 Å². The zero-order valence-corrected chi connectivity index (χ0v) is 14.5. The fourth-order valence-corrected chi connectivity index (χ4v) is 3.17. The molecule has 0 aliphatic carbocycles. The first-order valence-electron chi connectivity index (χ1n) is 7.48. The van der Waals surface area contributed by atoms with Crippen molar-refractivity contribution in [2.45, 2.75) is 51.0 Å². The minimum Gasteiger partial charge on any atom is -0.327 e. The molecule has 0 saturated carbocycles. The Bertz CT molecular complexity index is 536. The van der Waals surface area contributed by atoms with Gasteiger partial charge < -0.3 is 5.73 Å². The molecule has 5 heteroatoms. The average molecular weight is 312 g/mol. The van der Waals surface area contributed by atoms with Crippen LogP contribution in [0.15, 0.2) is 29.2 Å². The van der Waals surface area contributed by atoms with Gasteiger partial charge in [0.25, 0.3) is 0 Å². The van der Waals surface area contributed by atoms with Gasteiger partial charge in [0.2, 0.25) is 10.0 Å². The van der Waals surface area contributed by atoms with Crippen molar-refractivity contribution in [1.82, 2.24) is 4.31 Å². The van der Waals surface area contributed by atoms with Crippen molar-refractivity contribution in [3.63, 3.8) is 0 Å². The zero-order chi connectivity index (χ0) is 16.2. The molecule has 1 rings (SSSR count). The second-order valence-corrected chi connectivity index (χ2v) is 8.29. The molecule has 4 nitrogen and oxygen atoms in total. The van der Waals surface area contributed by atoms with Gasteiger partial charge in [-0.05, 0) is 36.0 Å². The van der Waals surface area contributed by atoms with E-state index in [1.165, 1.54) is 4.31 Å². The predicted octanol–water partition coefficient (Wildman–Crippen LogP) is 2.80. The maximum absolute atomic E-state index is 12.5. The Morgan fingerprint density at radius 1 is 1.10 bits per heavy atom. The number of sulfonamides is 1. The minimum absolute atomic E-state index is 0.0194. The third-order valence-corrected chi connectivity index (χ3v) is 5.76. The van der Waals surface area contributed by atoms with E-state index >= 15 is 0 Å². The van der Waals surface area contributed by atoms with Crippen LogP contribution in [0.5, 0.6) is 0 Å². The van der Waals surface area contributed by atoms with E-state index in [9.17, 15) is 8.42 Å². The third kappa shape index (κ3) is 4.80. The summed E-state index contributed by atoms with van der Waals surface area (Å²) in [6.45, 7) is 8.70. The molecular weight excluding hydrogens is 284 g/mol. The quantitative estimate of drug-likeness (QED) is 0.842. The molecule has 0 bridgehead atoms. The fourth-order valence-electron chi connectivity index (χ4n) is 1.99. The third-order valence-electron chi connectivity index (χ3n) is 3.89. The summed E-state index contributed by atoms with van der Waals surface area (Å²) < 4.78 is 26.4. The number of nitrogens with zero attached hydrogens (tertiary/aromatic N) is 1. The summed E-state index contributed by atoms with van der Waals surface area (Å²) in [6, 6.07) is 7.15. The van der Waals surface area contributed by atoms with Crippen LogP contribution >= 0.6 is 0 Å². The number of hydrogen-bond donors (Lipinski definition) is 1. The van der Waals surface area contributed by atoms with Gasteiger partial charge in [-0.15, -0.1) is 0 Å². The topological polar surface area (TPSA) is 63.4 Å². The molecule has 0 radical (unpaired) electrons. The van der Waals surface area contributed by atoms with Crippen molar-refractivity contribution >= 4 is 10.0 Å². The van der Waals surface area contributed by atoms with Crippen LogP contribution in [0.2, 0.25) is 0 Å². The van der Waals surface area contributed by atoms with Gasteiger partial charge in [-0.1, -0.05) is 39.8 Å². The van der Waals surface area contributed by atoms with Gasteiger partial charge in [0.1, 0.15) is 0 Å². The van der Waals surface area contributed by atoms with E-state index in [0.717, 1.165) is 5.56 Å². The molecule has 2 N–H and O–H groups in total. The van der Waals surface area contributed by atoms with Crippen molar-refractivity contribution < 1.29 is 8.42 Å². The second kappa shape index (κ2) is 7.38. The summed E-state index contributed by atoms with van der Waals surface area (Å²) in [4.78, 5) is 0.340. The molecule has 0 aliphatic heterocycles. The SMILES string of the molecule is CC(C)c1ccc(S(=O)(=O)N(C)CCC(N)C(C)C)cc1. The van der Waals surface area contributed by atoms with E-state index in [1.807, 2.05) is 26.0 Å². The van der Waals surface area contributed by atoms with Crippen molar-refractivity contribution in [3.8, 4) is 0 Å². The van der Waals surface area contributed by atoms with Gasteiger partial charge in [0.05, 0.1) is 4.90 Å². The fraction of sp³-hybridized carbons (Fsp3) is 0.625. The molecule has 0 amide bonds. The lowest BCUT2D eigenvalue weighted by molar-refractivity contribution is 0.397. The van der Waals surface area contributed by atoms with Crippen molar-refractivity contribution in [2.24, 2.45) is 11.7 Å². The van der Waals surface area contributed by atoms with Gasteiger partial charge >= 0.3 is 0 Å². The van der Waals surface area contributed by atoms with Gasteiger partial charge in [-0.2, -0.15) is 0 Å². The van der Waals surface area contributed by atoms with Gasteiger partial charge in [0.15, 0.2) is 0 Å². The van der Waals surface area contributed by atoms with E-state index < -0.39 is 10.0 Å². The molecule has 1 atom stereocenters. The van der Waals surface area contributed by atoms with Crippen LogP contribution in [-0.4, -0.2) is 32.4 Å². The van der Waals surface area contributed by atoms with Crippen LogP contribution in [0.1, 0.15) is 45.6 Å². The average Bonchev–Trinajstić information content (AvgIpc) is 2.44. The smallest absolute Gasteiger partial charge is 0.242 e. The number of benzene rings is 1. The molecule has 0 saturated heterocycles. The zero-order valence-electron chi connectivity index (χ0n) is 13.7. The summed E-state index contributed by atoms with van der Waals surface area (Å²) in [6.07, 6.45) is 0.664. The van der Waals surface area contributed by atoms with Crippen LogP contribution in [0.25, 0.3) is 0 Å². The first-order chi connectivity index (χ1) is 9.66. The monoisotopic (exact) mass is 312 g/mol. The molecular formula is C16H28N2O2S. The largest absolute Gasteiger partial charge is 0.327 e. The number of nitrogens with two attached hydrogens (primary N) is 1. The molecule has 120 valence electrons. The Labute approximate surface area is 129 Å². The lowest BCUT2D eigenvalue weighted by atomic mass is 10.0. The van der Waals surface area contributed by atoms with E-state index in [4.69, 9.17) is 5.73 Å². The van der Waals surface area contributed by atoms with Gasteiger partial charge in [-0.25, -0.2) is 12.7 Å². The highest BCUT2D eigenvalue weighted by Gasteiger charge is 2.21. The van der Waals surface area contributed by atoms with Crippen LogP contribution in [-0.2, 0) is 10.0 Å². The van der Waals surface area contributed by atoms with E-state index in [1.54, 1.807) is 19.2 Å². The van der Waals surface area contributed by atoms with Crippen molar-refractivity contribution in [1.29, 1.82) is 0 Å². The van der Waals surface area contributed by atoms with Crippen molar-refractivity contribution in [2.75, 3.05) is 13.6 Å². The molecule has 0 aromatic heterocycles. The Morgan fingerprint density at radius 2 is 1.62 bits per heavy atom. The van der Waals surface area contributed by atoms with Crippen molar-refractivity contribution in [3.05, 3.63) is 29.8 Å². The summed E-state index contributed by atoms with van der Waals surface area (Å²) in [7, 11) is -1.82. The van der Waals surface area contributed by atoms with Gasteiger partial charge in [0, 0.05) is 19.6 Å². The molecule has 0 heterocycles. The Balaban J connectivity index is 2.80. The maximum Gasteiger partial charge on any atom is 0.242 e. The molecule has 0 spiro atoms. The molecule has 21 heavy (non-hydrogen) atoms. The van der Waals surface area contributed by atoms with Crippen LogP contribution in [0, 0.1) is 5.92 Å². The molecule has 0 aliphatic rings. The molecule has 1 unspecified atom stereocenters. The van der Waals surface area contributed by atoms with Crippen LogP contribution in [0.3, 0.4) is 0 Å². The van der Waals surface area contributed by atoms with E-state index in [-0.39, 0.29) is 6.04 Å². The van der Waals surface area contributed by atoms with Crippen LogP contribution in [0.4, 0.5) is 0 Å². The van der Waals surface area contributed by atoms with E-state index in [0.29, 0.717) is 29.7 Å². The highest BCUT2D eigenvalue weighted by atomic mass is 32.2. The minimum atomic E-state index is -3.43. The molecule has 1 aromatic rings. The Kier molecular flexibility index (Phi) is 6.38. The lowest BCUT2D eigenvalue weighted by Gasteiger charge is -2.21. The highest BCUT2D eigenvalue weighted by Crippen LogP contribution is 2.20. The summed E-state index contributed by atoms with van der Waals surface area (Å²) in [5.74, 6) is 0.745. The standard InChI is InChI=1S/C16H28N2O2S/c1-12(2)14-6-8-15(9-7-14)21(19,20)18(5)11-10-16(17)13(3)4/h6-9,12-13,16H,10-11,17H2,1-5H3. The first kappa shape index (κ1) is 18.1. The normalized spacial score (nSPS) is 14.1. The highest BCUT2D eigenvalue weighted by molar-refractivity contribution is 7.89. The Morgan fingerprint density at radius 3 is 2.05 bits per heavy atom.